The van der Waals surface area contributed by atoms with E-state index in [4.69, 9.17) is 0 Å². The predicted molar refractivity (Wildman–Crippen MR) is 53.7 cm³/mol. The second kappa shape index (κ2) is 2.87. The van der Waals surface area contributed by atoms with Gasteiger partial charge in [-0.05, 0) is 31.0 Å². The molecule has 0 amide bonds. The Hall–Kier alpha value is -0.890. The summed E-state index contributed by atoms with van der Waals surface area (Å²) in [5.74, 6) is 0. The average Bonchev–Trinajstić information content (AvgIpc) is 2.46. The van der Waals surface area contributed by atoms with Gasteiger partial charge in [0.15, 0.2) is 0 Å². The van der Waals surface area contributed by atoms with Crippen molar-refractivity contribution in [3.63, 3.8) is 0 Å². The van der Waals surface area contributed by atoms with Crippen LogP contribution in [0, 0.1) is 6.92 Å². The topological polar surface area (TPSA) is 12.9 Å². The fourth-order valence-corrected chi connectivity index (χ4v) is 2.24. The van der Waals surface area contributed by atoms with Gasteiger partial charge in [-0.3, -0.25) is 0 Å². The van der Waals surface area contributed by atoms with Crippen molar-refractivity contribution >= 4 is 21.6 Å². The lowest BCUT2D eigenvalue weighted by Crippen LogP contribution is -1.74. The number of hydrogen-bond acceptors (Lipinski definition) is 2. The zero-order valence-corrected chi connectivity index (χ0v) is 8.11. The standard InChI is InChI=1S/C10H11NS/c1-3-10-11-8-5-4-7(2)6-9(8)12-10/h4-6H,3H2,1-2H3. The molecule has 1 aromatic heterocycles. The maximum Gasteiger partial charge on any atom is 0.0935 e. The molecule has 0 aliphatic heterocycles. The highest BCUT2D eigenvalue weighted by atomic mass is 32.1. The molecule has 0 aliphatic rings. The van der Waals surface area contributed by atoms with E-state index in [1.165, 1.54) is 15.3 Å². The predicted octanol–water partition coefficient (Wildman–Crippen LogP) is 3.17. The number of rotatable bonds is 1. The first-order valence-corrected chi connectivity index (χ1v) is 4.97. The van der Waals surface area contributed by atoms with E-state index in [1.807, 2.05) is 0 Å². The van der Waals surface area contributed by atoms with Crippen LogP contribution in [0.5, 0.6) is 0 Å². The largest absolute Gasteiger partial charge is 0.241 e. The van der Waals surface area contributed by atoms with E-state index < -0.39 is 0 Å². The molecule has 2 heteroatoms. The normalized spacial score (nSPS) is 10.8. The Kier molecular flexibility index (Phi) is 1.85. The van der Waals surface area contributed by atoms with Crippen LogP contribution < -0.4 is 0 Å². The Morgan fingerprint density at radius 3 is 3.00 bits per heavy atom. The second-order valence-electron chi connectivity index (χ2n) is 2.93. The smallest absolute Gasteiger partial charge is 0.0935 e. The fraction of sp³-hybridized carbons (Fsp3) is 0.300. The molecule has 0 fully saturated rings. The maximum absolute atomic E-state index is 4.49. The third-order valence-corrected chi connectivity index (χ3v) is 3.05. The van der Waals surface area contributed by atoms with Crippen LogP contribution in [0.15, 0.2) is 18.2 Å². The fourth-order valence-electron chi connectivity index (χ4n) is 1.23. The SMILES string of the molecule is CCc1nc2ccc(C)cc2s1. The van der Waals surface area contributed by atoms with Gasteiger partial charge >= 0.3 is 0 Å². The Morgan fingerprint density at radius 2 is 2.25 bits per heavy atom. The molecule has 0 unspecified atom stereocenters. The minimum Gasteiger partial charge on any atom is -0.241 e. The van der Waals surface area contributed by atoms with Crippen LogP contribution in [0.2, 0.25) is 0 Å². The van der Waals surface area contributed by atoms with Gasteiger partial charge in [-0.2, -0.15) is 0 Å². The molecule has 1 aromatic carbocycles. The van der Waals surface area contributed by atoms with Crippen molar-refractivity contribution in [3.8, 4) is 0 Å². The molecule has 0 saturated heterocycles. The number of nitrogens with zero attached hydrogens (tertiary/aromatic N) is 1. The third-order valence-electron chi connectivity index (χ3n) is 1.89. The molecule has 2 aromatic rings. The van der Waals surface area contributed by atoms with E-state index in [1.54, 1.807) is 11.3 Å². The van der Waals surface area contributed by atoms with Gasteiger partial charge in [-0.25, -0.2) is 4.98 Å². The molecule has 1 heterocycles. The van der Waals surface area contributed by atoms with Crippen LogP contribution >= 0.6 is 11.3 Å². The highest BCUT2D eigenvalue weighted by Crippen LogP contribution is 2.22. The first-order valence-electron chi connectivity index (χ1n) is 4.15. The summed E-state index contributed by atoms with van der Waals surface area (Å²) in [6, 6.07) is 6.41. The molecular weight excluding hydrogens is 166 g/mol. The quantitative estimate of drug-likeness (QED) is 0.652. The van der Waals surface area contributed by atoms with E-state index in [-0.39, 0.29) is 0 Å². The van der Waals surface area contributed by atoms with Crippen molar-refractivity contribution in [2.24, 2.45) is 0 Å². The van der Waals surface area contributed by atoms with Crippen molar-refractivity contribution in [2.75, 3.05) is 0 Å². The number of aromatic nitrogens is 1. The van der Waals surface area contributed by atoms with Crippen LogP contribution in [0.4, 0.5) is 0 Å². The lowest BCUT2D eigenvalue weighted by atomic mass is 10.2. The van der Waals surface area contributed by atoms with Gasteiger partial charge in [-0.15, -0.1) is 11.3 Å². The first kappa shape index (κ1) is 7.74. The van der Waals surface area contributed by atoms with E-state index >= 15 is 0 Å². The molecule has 0 N–H and O–H groups in total. The minimum absolute atomic E-state index is 1.04. The highest BCUT2D eigenvalue weighted by Gasteiger charge is 2.00. The number of fused-ring (bicyclic) bond motifs is 1. The summed E-state index contributed by atoms with van der Waals surface area (Å²) >= 11 is 1.80. The summed E-state index contributed by atoms with van der Waals surface area (Å²) in [4.78, 5) is 4.49. The number of hydrogen-bond donors (Lipinski definition) is 0. The molecule has 0 bridgehead atoms. The Labute approximate surface area is 76.1 Å². The van der Waals surface area contributed by atoms with Gasteiger partial charge in [0, 0.05) is 0 Å². The zero-order chi connectivity index (χ0) is 8.55. The van der Waals surface area contributed by atoms with Crippen molar-refractivity contribution in [1.82, 2.24) is 4.98 Å². The van der Waals surface area contributed by atoms with Crippen LogP contribution in [-0.4, -0.2) is 4.98 Å². The van der Waals surface area contributed by atoms with Crippen molar-refractivity contribution < 1.29 is 0 Å². The lowest BCUT2D eigenvalue weighted by Gasteiger charge is -1.88. The Balaban J connectivity index is 2.67. The van der Waals surface area contributed by atoms with Crippen LogP contribution in [0.3, 0.4) is 0 Å². The van der Waals surface area contributed by atoms with E-state index in [0.29, 0.717) is 0 Å². The van der Waals surface area contributed by atoms with Crippen molar-refractivity contribution in [2.45, 2.75) is 20.3 Å². The molecule has 1 nitrogen and oxygen atoms in total. The molecule has 0 aliphatic carbocycles. The van der Waals surface area contributed by atoms with Gasteiger partial charge < -0.3 is 0 Å². The average molecular weight is 177 g/mol. The summed E-state index contributed by atoms with van der Waals surface area (Å²) in [5.41, 5.74) is 2.45. The van der Waals surface area contributed by atoms with E-state index in [2.05, 4.69) is 37.0 Å². The molecule has 0 atom stereocenters. The number of benzene rings is 1. The van der Waals surface area contributed by atoms with Crippen molar-refractivity contribution in [1.29, 1.82) is 0 Å². The number of thiazole rings is 1. The Bertz CT molecular complexity index is 403. The second-order valence-corrected chi connectivity index (χ2v) is 4.05. The molecular formula is C10H11NS. The van der Waals surface area contributed by atoms with Gasteiger partial charge in [0.1, 0.15) is 0 Å². The molecule has 62 valence electrons. The van der Waals surface area contributed by atoms with Crippen molar-refractivity contribution in [3.05, 3.63) is 28.8 Å². The van der Waals surface area contributed by atoms with E-state index in [0.717, 1.165) is 11.9 Å². The first-order chi connectivity index (χ1) is 5.79. The summed E-state index contributed by atoms with van der Waals surface area (Å²) in [6.07, 6.45) is 1.04. The molecule has 0 saturated carbocycles. The minimum atomic E-state index is 1.04. The molecule has 0 radical (unpaired) electrons. The Morgan fingerprint density at radius 1 is 1.42 bits per heavy atom. The molecule has 0 spiro atoms. The monoisotopic (exact) mass is 177 g/mol. The summed E-state index contributed by atoms with van der Waals surface area (Å²) in [7, 11) is 0. The number of aryl methyl sites for hydroxylation is 2. The van der Waals surface area contributed by atoms with Gasteiger partial charge in [0.05, 0.1) is 15.2 Å². The van der Waals surface area contributed by atoms with Crippen LogP contribution in [0.25, 0.3) is 10.2 Å². The van der Waals surface area contributed by atoms with Gasteiger partial charge in [0.2, 0.25) is 0 Å². The van der Waals surface area contributed by atoms with E-state index in [9.17, 15) is 0 Å². The summed E-state index contributed by atoms with van der Waals surface area (Å²) in [5, 5.41) is 1.23. The lowest BCUT2D eigenvalue weighted by molar-refractivity contribution is 1.11. The molecule has 2 rings (SSSR count). The van der Waals surface area contributed by atoms with Gasteiger partial charge in [-0.1, -0.05) is 13.0 Å². The highest BCUT2D eigenvalue weighted by molar-refractivity contribution is 7.18. The molecule has 12 heavy (non-hydrogen) atoms. The summed E-state index contributed by atoms with van der Waals surface area (Å²) in [6.45, 7) is 4.26. The summed E-state index contributed by atoms with van der Waals surface area (Å²) < 4.78 is 1.31. The maximum atomic E-state index is 4.49. The zero-order valence-electron chi connectivity index (χ0n) is 7.29. The van der Waals surface area contributed by atoms with Gasteiger partial charge in [0.25, 0.3) is 0 Å². The third kappa shape index (κ3) is 1.23. The van der Waals surface area contributed by atoms with Crippen LogP contribution in [0.1, 0.15) is 17.5 Å². The van der Waals surface area contributed by atoms with Crippen LogP contribution in [-0.2, 0) is 6.42 Å².